The van der Waals surface area contributed by atoms with Crippen molar-refractivity contribution in [1.82, 2.24) is 0 Å². The number of para-hydroxylation sites is 2. The van der Waals surface area contributed by atoms with Crippen molar-refractivity contribution in [3.63, 3.8) is 0 Å². The second kappa shape index (κ2) is 9.21. The zero-order valence-corrected chi connectivity index (χ0v) is 13.2. The van der Waals surface area contributed by atoms with Crippen LogP contribution in [0.2, 0.25) is 0 Å². The van der Waals surface area contributed by atoms with Crippen LogP contribution in [0.15, 0.2) is 91.0 Å². The summed E-state index contributed by atoms with van der Waals surface area (Å²) in [4.78, 5) is 11.0. The van der Waals surface area contributed by atoms with Crippen LogP contribution in [0.25, 0.3) is 0 Å². The Morgan fingerprint density at radius 1 is 0.696 bits per heavy atom. The van der Waals surface area contributed by atoms with Gasteiger partial charge in [-0.3, -0.25) is 4.79 Å². The molecule has 3 aromatic carbocycles. The Bertz CT molecular complexity index is 654. The van der Waals surface area contributed by atoms with Gasteiger partial charge < -0.3 is 4.74 Å². The Kier molecular flexibility index (Phi) is 6.61. The largest absolute Gasteiger partial charge is 0.457 e. The third kappa shape index (κ3) is 5.79. The molecule has 2 nitrogen and oxygen atoms in total. The molecule has 0 aliphatic heterocycles. The molecule has 0 aliphatic rings. The fraction of sp³-hybridized carbons (Fsp3) is 0.0952. The fourth-order valence-corrected chi connectivity index (χ4v) is 1.94. The summed E-state index contributed by atoms with van der Waals surface area (Å²) in [6.07, 6.45) is 0.587. The second-order valence-corrected chi connectivity index (χ2v) is 4.87. The fourth-order valence-electron chi connectivity index (χ4n) is 1.94. The molecule has 3 aromatic rings. The summed E-state index contributed by atoms with van der Waals surface area (Å²) in [5.74, 6) is 1.95. The van der Waals surface area contributed by atoms with Gasteiger partial charge in [-0.2, -0.15) is 0 Å². The molecule has 0 heterocycles. The summed E-state index contributed by atoms with van der Waals surface area (Å²) >= 11 is 0. The Balaban J connectivity index is 0.000000174. The van der Waals surface area contributed by atoms with Crippen molar-refractivity contribution in [1.29, 1.82) is 0 Å². The monoisotopic (exact) mass is 304 g/mol. The van der Waals surface area contributed by atoms with Crippen LogP contribution in [-0.4, -0.2) is 5.78 Å². The lowest BCUT2D eigenvalue weighted by atomic mass is 10.1. The summed E-state index contributed by atoms with van der Waals surface area (Å²) in [5.41, 5.74) is 0.810. The summed E-state index contributed by atoms with van der Waals surface area (Å²) < 4.78 is 5.58. The molecule has 0 bridgehead atoms. The van der Waals surface area contributed by atoms with E-state index in [2.05, 4.69) is 0 Å². The highest BCUT2D eigenvalue weighted by Gasteiger charge is 1.98. The Labute approximate surface area is 137 Å². The van der Waals surface area contributed by atoms with Gasteiger partial charge in [0, 0.05) is 12.0 Å². The molecule has 2 heteroatoms. The van der Waals surface area contributed by atoms with Crippen molar-refractivity contribution in [2.45, 2.75) is 13.3 Å². The average molecular weight is 304 g/mol. The van der Waals surface area contributed by atoms with E-state index in [-0.39, 0.29) is 5.78 Å². The van der Waals surface area contributed by atoms with Crippen LogP contribution >= 0.6 is 0 Å². The Morgan fingerprint density at radius 3 is 1.48 bits per heavy atom. The Hall–Kier alpha value is -2.87. The van der Waals surface area contributed by atoms with Gasteiger partial charge in [-0.1, -0.05) is 73.7 Å². The van der Waals surface area contributed by atoms with Gasteiger partial charge in [-0.25, -0.2) is 0 Å². The molecule has 0 atom stereocenters. The van der Waals surface area contributed by atoms with Crippen LogP contribution in [0.3, 0.4) is 0 Å². The first-order chi connectivity index (χ1) is 11.3. The maximum atomic E-state index is 11.0. The number of ether oxygens (including phenoxy) is 1. The number of benzene rings is 3. The highest BCUT2D eigenvalue weighted by molar-refractivity contribution is 5.95. The van der Waals surface area contributed by atoms with Crippen LogP contribution in [0, 0.1) is 0 Å². The van der Waals surface area contributed by atoms with E-state index < -0.39 is 0 Å². The molecule has 116 valence electrons. The zero-order chi connectivity index (χ0) is 16.3. The molecular formula is C21H20O2. The molecule has 0 fully saturated rings. The SMILES string of the molecule is CCC(=O)c1ccccc1.c1ccc(Oc2ccccc2)cc1. The third-order valence-corrected chi connectivity index (χ3v) is 3.14. The van der Waals surface area contributed by atoms with Crippen LogP contribution in [0.1, 0.15) is 23.7 Å². The normalized spacial score (nSPS) is 9.43. The van der Waals surface area contributed by atoms with E-state index in [0.717, 1.165) is 17.1 Å². The molecular weight excluding hydrogens is 284 g/mol. The molecule has 0 spiro atoms. The maximum Gasteiger partial charge on any atom is 0.162 e. The van der Waals surface area contributed by atoms with E-state index in [9.17, 15) is 4.79 Å². The maximum absolute atomic E-state index is 11.0. The number of Topliss-reactive ketones (excluding diaryl/α,β-unsaturated/α-hetero) is 1. The van der Waals surface area contributed by atoms with E-state index in [1.54, 1.807) is 0 Å². The zero-order valence-electron chi connectivity index (χ0n) is 13.2. The van der Waals surface area contributed by atoms with Crippen molar-refractivity contribution < 1.29 is 9.53 Å². The summed E-state index contributed by atoms with van der Waals surface area (Å²) in [6, 6.07) is 28.9. The lowest BCUT2D eigenvalue weighted by Gasteiger charge is -2.03. The molecule has 0 N–H and O–H groups in total. The average Bonchev–Trinajstić information content (AvgIpc) is 2.64. The topological polar surface area (TPSA) is 26.3 Å². The first kappa shape index (κ1) is 16.5. The second-order valence-electron chi connectivity index (χ2n) is 4.87. The molecule has 0 saturated carbocycles. The molecule has 0 unspecified atom stereocenters. The molecule has 0 aliphatic carbocycles. The lowest BCUT2D eigenvalue weighted by Crippen LogP contribution is -1.94. The van der Waals surface area contributed by atoms with Gasteiger partial charge in [-0.15, -0.1) is 0 Å². The third-order valence-electron chi connectivity index (χ3n) is 3.14. The van der Waals surface area contributed by atoms with Crippen LogP contribution in [0.4, 0.5) is 0 Å². The highest BCUT2D eigenvalue weighted by Crippen LogP contribution is 2.19. The van der Waals surface area contributed by atoms with Crippen molar-refractivity contribution >= 4 is 5.78 Å². The number of hydrogen-bond acceptors (Lipinski definition) is 2. The molecule has 23 heavy (non-hydrogen) atoms. The van der Waals surface area contributed by atoms with Crippen LogP contribution in [0.5, 0.6) is 11.5 Å². The van der Waals surface area contributed by atoms with E-state index in [1.807, 2.05) is 97.9 Å². The van der Waals surface area contributed by atoms with Gasteiger partial charge in [0.25, 0.3) is 0 Å². The predicted octanol–water partition coefficient (Wildman–Crippen LogP) is 5.76. The molecule has 0 aromatic heterocycles. The van der Waals surface area contributed by atoms with E-state index in [1.165, 1.54) is 0 Å². The standard InChI is InChI=1S/C12H10O.C9H10O/c1-3-7-11(8-4-1)13-12-9-5-2-6-10-12;1-2-9(10)8-6-4-3-5-7-8/h1-10H;3-7H,2H2,1H3. The number of carbonyl (C=O) groups is 1. The smallest absolute Gasteiger partial charge is 0.162 e. The van der Waals surface area contributed by atoms with E-state index in [4.69, 9.17) is 4.74 Å². The van der Waals surface area contributed by atoms with Gasteiger partial charge in [0.1, 0.15) is 11.5 Å². The van der Waals surface area contributed by atoms with Crippen molar-refractivity contribution in [3.05, 3.63) is 96.6 Å². The van der Waals surface area contributed by atoms with Crippen molar-refractivity contribution in [3.8, 4) is 11.5 Å². The first-order valence-corrected chi connectivity index (χ1v) is 7.66. The lowest BCUT2D eigenvalue weighted by molar-refractivity contribution is 0.0988. The van der Waals surface area contributed by atoms with E-state index >= 15 is 0 Å². The summed E-state index contributed by atoms with van der Waals surface area (Å²) in [6.45, 7) is 1.87. The van der Waals surface area contributed by atoms with E-state index in [0.29, 0.717) is 6.42 Å². The summed E-state index contributed by atoms with van der Waals surface area (Å²) in [5, 5.41) is 0. The molecule has 0 radical (unpaired) electrons. The predicted molar refractivity (Wildman–Crippen MR) is 94.0 cm³/mol. The Morgan fingerprint density at radius 2 is 1.09 bits per heavy atom. The van der Waals surface area contributed by atoms with Gasteiger partial charge in [0.2, 0.25) is 0 Å². The van der Waals surface area contributed by atoms with Crippen LogP contribution in [-0.2, 0) is 0 Å². The van der Waals surface area contributed by atoms with Crippen LogP contribution < -0.4 is 4.74 Å². The minimum Gasteiger partial charge on any atom is -0.457 e. The summed E-state index contributed by atoms with van der Waals surface area (Å²) in [7, 11) is 0. The van der Waals surface area contributed by atoms with Gasteiger partial charge >= 0.3 is 0 Å². The molecule has 0 saturated heterocycles. The quantitative estimate of drug-likeness (QED) is 0.573. The van der Waals surface area contributed by atoms with Crippen molar-refractivity contribution in [2.75, 3.05) is 0 Å². The molecule has 3 rings (SSSR count). The number of carbonyl (C=O) groups excluding carboxylic acids is 1. The number of ketones is 1. The minimum atomic E-state index is 0.209. The number of hydrogen-bond donors (Lipinski definition) is 0. The minimum absolute atomic E-state index is 0.209. The van der Waals surface area contributed by atoms with Gasteiger partial charge in [-0.05, 0) is 24.3 Å². The highest BCUT2D eigenvalue weighted by atomic mass is 16.5. The van der Waals surface area contributed by atoms with Crippen molar-refractivity contribution in [2.24, 2.45) is 0 Å². The molecule has 0 amide bonds. The number of rotatable bonds is 4. The van der Waals surface area contributed by atoms with Gasteiger partial charge in [0.15, 0.2) is 5.78 Å². The van der Waals surface area contributed by atoms with Gasteiger partial charge in [0.05, 0.1) is 0 Å². The first-order valence-electron chi connectivity index (χ1n) is 7.66.